The number of pyridine rings is 1. The van der Waals surface area contributed by atoms with Gasteiger partial charge in [-0.3, -0.25) is 9.78 Å². The number of piperazine rings is 1. The molecule has 27 heavy (non-hydrogen) atoms. The maximum Gasteiger partial charge on any atom is 0.246 e. The molecule has 1 fully saturated rings. The molecule has 1 aliphatic rings. The fraction of sp³-hybridized carbons (Fsp3) is 0.333. The molecule has 0 bridgehead atoms. The topological polar surface area (TPSA) is 56.1 Å². The maximum absolute atomic E-state index is 12.5. The van der Waals surface area contributed by atoms with Crippen LogP contribution in [-0.2, 0) is 11.3 Å². The molecule has 1 aromatic carbocycles. The highest BCUT2D eigenvalue weighted by Gasteiger charge is 2.22. The van der Waals surface area contributed by atoms with Crippen LogP contribution in [0.5, 0.6) is 11.5 Å². The van der Waals surface area contributed by atoms with Crippen molar-refractivity contribution in [3.05, 3.63) is 59.9 Å². The Morgan fingerprint density at radius 3 is 2.56 bits per heavy atom. The molecule has 0 unspecified atom stereocenters. The van der Waals surface area contributed by atoms with Gasteiger partial charge in [0.05, 0.1) is 40.4 Å². The molecule has 0 atom stereocenters. The van der Waals surface area contributed by atoms with E-state index in [1.54, 1.807) is 26.4 Å². The Bertz CT molecular complexity index is 785. The van der Waals surface area contributed by atoms with Gasteiger partial charge in [0, 0.05) is 35.7 Å². The summed E-state index contributed by atoms with van der Waals surface area (Å²) >= 11 is 0. The number of nitrogens with zero attached hydrogens (tertiary/aromatic N) is 2. The van der Waals surface area contributed by atoms with E-state index in [1.807, 2.05) is 35.5 Å². The van der Waals surface area contributed by atoms with E-state index in [-0.39, 0.29) is 5.91 Å². The SMILES string of the molecule is COc1ccc(/C=C/C(=O)N2CC[NH+](Cc3ccncc3)CC2)c(OC)c1. The number of rotatable bonds is 6. The first-order chi connectivity index (χ1) is 13.2. The highest BCUT2D eigenvalue weighted by atomic mass is 16.5. The lowest BCUT2D eigenvalue weighted by Gasteiger charge is -2.31. The van der Waals surface area contributed by atoms with Crippen molar-refractivity contribution in [1.82, 2.24) is 9.88 Å². The average molecular weight is 368 g/mol. The summed E-state index contributed by atoms with van der Waals surface area (Å²) in [6, 6.07) is 9.66. The third kappa shape index (κ3) is 5.08. The molecule has 2 heterocycles. The standard InChI is InChI=1S/C21H25N3O3/c1-26-19-5-3-18(20(15-19)27-2)4-6-21(25)24-13-11-23(12-14-24)16-17-7-9-22-10-8-17/h3-10,15H,11-14,16H2,1-2H3/p+1/b6-4+. The number of methoxy groups -OCH3 is 2. The van der Waals surface area contributed by atoms with E-state index in [1.165, 1.54) is 10.5 Å². The van der Waals surface area contributed by atoms with Gasteiger partial charge in [-0.25, -0.2) is 0 Å². The Morgan fingerprint density at radius 1 is 1.15 bits per heavy atom. The zero-order valence-electron chi connectivity index (χ0n) is 15.9. The number of benzene rings is 1. The van der Waals surface area contributed by atoms with Gasteiger partial charge in [0.1, 0.15) is 18.0 Å². The van der Waals surface area contributed by atoms with E-state index in [0.29, 0.717) is 5.75 Å². The second-order valence-electron chi connectivity index (χ2n) is 6.55. The number of amides is 1. The van der Waals surface area contributed by atoms with Crippen LogP contribution >= 0.6 is 0 Å². The van der Waals surface area contributed by atoms with Crippen molar-refractivity contribution in [1.29, 1.82) is 0 Å². The zero-order chi connectivity index (χ0) is 19.1. The largest absolute Gasteiger partial charge is 0.497 e. The van der Waals surface area contributed by atoms with Crippen molar-refractivity contribution < 1.29 is 19.2 Å². The van der Waals surface area contributed by atoms with Crippen LogP contribution in [0.25, 0.3) is 6.08 Å². The fourth-order valence-corrected chi connectivity index (χ4v) is 3.23. The average Bonchev–Trinajstić information content (AvgIpc) is 2.73. The van der Waals surface area contributed by atoms with Gasteiger partial charge in [-0.1, -0.05) is 0 Å². The van der Waals surface area contributed by atoms with Crippen molar-refractivity contribution in [2.75, 3.05) is 40.4 Å². The van der Waals surface area contributed by atoms with E-state index < -0.39 is 0 Å². The van der Waals surface area contributed by atoms with Crippen molar-refractivity contribution in [3.8, 4) is 11.5 Å². The van der Waals surface area contributed by atoms with E-state index in [0.717, 1.165) is 44.0 Å². The molecule has 1 saturated heterocycles. The molecule has 1 aliphatic heterocycles. The molecule has 0 spiro atoms. The summed E-state index contributed by atoms with van der Waals surface area (Å²) in [5.41, 5.74) is 2.14. The zero-order valence-corrected chi connectivity index (χ0v) is 15.9. The minimum atomic E-state index is 0.0378. The minimum Gasteiger partial charge on any atom is -0.497 e. The lowest BCUT2D eigenvalue weighted by Crippen LogP contribution is -3.13. The Labute approximate surface area is 160 Å². The summed E-state index contributed by atoms with van der Waals surface area (Å²) in [6.07, 6.45) is 7.08. The smallest absolute Gasteiger partial charge is 0.246 e. The number of ether oxygens (including phenoxy) is 2. The molecule has 142 valence electrons. The van der Waals surface area contributed by atoms with Crippen molar-refractivity contribution >= 4 is 12.0 Å². The van der Waals surface area contributed by atoms with Gasteiger partial charge in [-0.15, -0.1) is 0 Å². The number of hydrogen-bond acceptors (Lipinski definition) is 4. The van der Waals surface area contributed by atoms with E-state index in [4.69, 9.17) is 9.47 Å². The number of nitrogens with one attached hydrogen (secondary N) is 1. The fourth-order valence-electron chi connectivity index (χ4n) is 3.23. The van der Waals surface area contributed by atoms with Gasteiger partial charge in [0.25, 0.3) is 0 Å². The first kappa shape index (κ1) is 18.9. The van der Waals surface area contributed by atoms with Gasteiger partial charge < -0.3 is 19.3 Å². The Kier molecular flexibility index (Phi) is 6.44. The van der Waals surface area contributed by atoms with E-state index in [2.05, 4.69) is 17.1 Å². The van der Waals surface area contributed by atoms with Gasteiger partial charge in [0.15, 0.2) is 0 Å². The molecule has 0 radical (unpaired) electrons. The van der Waals surface area contributed by atoms with Crippen LogP contribution in [0.1, 0.15) is 11.1 Å². The third-order valence-corrected chi connectivity index (χ3v) is 4.83. The van der Waals surface area contributed by atoms with Crippen LogP contribution < -0.4 is 14.4 Å². The lowest BCUT2D eigenvalue weighted by atomic mass is 10.1. The predicted molar refractivity (Wildman–Crippen MR) is 104 cm³/mol. The molecule has 0 aliphatic carbocycles. The van der Waals surface area contributed by atoms with Crippen molar-refractivity contribution in [2.45, 2.75) is 6.54 Å². The Morgan fingerprint density at radius 2 is 1.89 bits per heavy atom. The molecule has 0 saturated carbocycles. The highest BCUT2D eigenvalue weighted by molar-refractivity contribution is 5.92. The number of carbonyl (C=O) groups excluding carboxylic acids is 1. The lowest BCUT2D eigenvalue weighted by molar-refractivity contribution is -0.917. The van der Waals surface area contributed by atoms with Gasteiger partial charge in [-0.2, -0.15) is 0 Å². The van der Waals surface area contributed by atoms with Gasteiger partial charge in [0.2, 0.25) is 5.91 Å². The number of aromatic nitrogens is 1. The quantitative estimate of drug-likeness (QED) is 0.774. The molecule has 3 rings (SSSR count). The number of quaternary nitrogens is 1. The van der Waals surface area contributed by atoms with E-state index in [9.17, 15) is 4.79 Å². The van der Waals surface area contributed by atoms with Crippen LogP contribution in [0, 0.1) is 0 Å². The van der Waals surface area contributed by atoms with Crippen LogP contribution in [0.15, 0.2) is 48.8 Å². The summed E-state index contributed by atoms with van der Waals surface area (Å²) in [5.74, 6) is 1.45. The molecule has 1 amide bonds. The normalized spacial score (nSPS) is 15.1. The van der Waals surface area contributed by atoms with Crippen molar-refractivity contribution in [2.24, 2.45) is 0 Å². The summed E-state index contributed by atoms with van der Waals surface area (Å²) in [6.45, 7) is 4.41. The first-order valence-corrected chi connectivity index (χ1v) is 9.11. The molecular weight excluding hydrogens is 342 g/mol. The van der Waals surface area contributed by atoms with Crippen LogP contribution in [0.3, 0.4) is 0 Å². The maximum atomic E-state index is 12.5. The number of hydrogen-bond donors (Lipinski definition) is 1. The van der Waals surface area contributed by atoms with Gasteiger partial charge >= 0.3 is 0 Å². The third-order valence-electron chi connectivity index (χ3n) is 4.83. The molecule has 1 aromatic heterocycles. The molecule has 1 N–H and O–H groups in total. The summed E-state index contributed by atoms with van der Waals surface area (Å²) < 4.78 is 10.6. The van der Waals surface area contributed by atoms with Crippen LogP contribution in [0.2, 0.25) is 0 Å². The first-order valence-electron chi connectivity index (χ1n) is 9.11. The number of carbonyl (C=O) groups is 1. The monoisotopic (exact) mass is 368 g/mol. The predicted octanol–water partition coefficient (Wildman–Crippen LogP) is 1.04. The van der Waals surface area contributed by atoms with E-state index >= 15 is 0 Å². The van der Waals surface area contributed by atoms with Crippen LogP contribution in [-0.4, -0.2) is 56.2 Å². The summed E-state index contributed by atoms with van der Waals surface area (Å²) in [4.78, 5) is 20.0. The molecule has 6 heteroatoms. The molecule has 6 nitrogen and oxygen atoms in total. The van der Waals surface area contributed by atoms with Crippen LogP contribution in [0.4, 0.5) is 0 Å². The minimum absolute atomic E-state index is 0.0378. The second-order valence-corrected chi connectivity index (χ2v) is 6.55. The summed E-state index contributed by atoms with van der Waals surface area (Å²) in [7, 11) is 3.23. The van der Waals surface area contributed by atoms with Crippen molar-refractivity contribution in [3.63, 3.8) is 0 Å². The molecular formula is C21H26N3O3+. The Balaban J connectivity index is 1.54. The molecule has 2 aromatic rings. The van der Waals surface area contributed by atoms with Gasteiger partial charge in [-0.05, 0) is 30.3 Å². The Hall–Kier alpha value is -2.86. The summed E-state index contributed by atoms with van der Waals surface area (Å²) in [5, 5.41) is 0. The highest BCUT2D eigenvalue weighted by Crippen LogP contribution is 2.25. The second kappa shape index (κ2) is 9.19.